The van der Waals surface area contributed by atoms with Crippen LogP contribution in [-0.2, 0) is 0 Å². The van der Waals surface area contributed by atoms with Gasteiger partial charge in [0.25, 0.3) is 5.91 Å². The van der Waals surface area contributed by atoms with Crippen LogP contribution in [0.2, 0.25) is 0 Å². The highest BCUT2D eigenvalue weighted by Gasteiger charge is 2.12. The number of amides is 1. The predicted octanol–water partition coefficient (Wildman–Crippen LogP) is 2.59. The van der Waals surface area contributed by atoms with Crippen LogP contribution in [0.25, 0.3) is 0 Å². The molecule has 0 atom stereocenters. The Hall–Kier alpha value is -2.56. The Balaban J connectivity index is 2.20. The lowest BCUT2D eigenvalue weighted by molar-refractivity contribution is 0.102. The minimum Gasteiger partial charge on any atom is -0.307 e. The second-order valence-electron chi connectivity index (χ2n) is 3.96. The molecule has 5 heteroatoms. The van der Waals surface area contributed by atoms with Gasteiger partial charge in [-0.15, -0.1) is 0 Å². The van der Waals surface area contributed by atoms with Crippen LogP contribution < -0.4 is 5.32 Å². The molecule has 19 heavy (non-hydrogen) atoms. The highest BCUT2D eigenvalue weighted by atomic mass is 19.1. The van der Waals surface area contributed by atoms with Gasteiger partial charge in [-0.2, -0.15) is 0 Å². The van der Waals surface area contributed by atoms with Crippen molar-refractivity contribution in [1.82, 2.24) is 4.98 Å². The fourth-order valence-electron chi connectivity index (χ4n) is 1.59. The SMILES string of the molecule is Cc1c(F)cccc1C(=O)Nc1ccc(C=O)cn1. The molecule has 0 radical (unpaired) electrons. The molecule has 0 bridgehead atoms. The quantitative estimate of drug-likeness (QED) is 0.861. The van der Waals surface area contributed by atoms with Gasteiger partial charge in [0.2, 0.25) is 0 Å². The molecule has 96 valence electrons. The number of pyridine rings is 1. The third-order valence-corrected chi connectivity index (χ3v) is 2.68. The van der Waals surface area contributed by atoms with Crippen molar-refractivity contribution in [2.45, 2.75) is 6.92 Å². The Bertz CT molecular complexity index is 624. The van der Waals surface area contributed by atoms with Crippen molar-refractivity contribution in [2.24, 2.45) is 0 Å². The first-order chi connectivity index (χ1) is 9.11. The number of aromatic nitrogens is 1. The molecular formula is C14H11FN2O2. The van der Waals surface area contributed by atoms with Gasteiger partial charge < -0.3 is 5.32 Å². The summed E-state index contributed by atoms with van der Waals surface area (Å²) in [5.41, 5.74) is 0.950. The fraction of sp³-hybridized carbons (Fsp3) is 0.0714. The number of aldehydes is 1. The van der Waals surface area contributed by atoms with Gasteiger partial charge in [0.1, 0.15) is 11.6 Å². The van der Waals surface area contributed by atoms with Crippen LogP contribution in [0.15, 0.2) is 36.5 Å². The van der Waals surface area contributed by atoms with E-state index < -0.39 is 11.7 Å². The first-order valence-corrected chi connectivity index (χ1v) is 5.59. The second kappa shape index (κ2) is 5.39. The molecule has 0 fully saturated rings. The minimum atomic E-state index is -0.441. The normalized spacial score (nSPS) is 10.0. The molecule has 1 N–H and O–H groups in total. The van der Waals surface area contributed by atoms with E-state index in [1.807, 2.05) is 0 Å². The van der Waals surface area contributed by atoms with E-state index in [4.69, 9.17) is 0 Å². The molecular weight excluding hydrogens is 247 g/mol. The number of hydrogen-bond donors (Lipinski definition) is 1. The molecule has 0 spiro atoms. The van der Waals surface area contributed by atoms with Crippen LogP contribution in [-0.4, -0.2) is 17.2 Å². The van der Waals surface area contributed by atoms with Gasteiger partial charge in [0.05, 0.1) is 0 Å². The van der Waals surface area contributed by atoms with E-state index in [1.165, 1.54) is 43.5 Å². The average molecular weight is 258 g/mol. The Morgan fingerprint density at radius 2 is 2.11 bits per heavy atom. The highest BCUT2D eigenvalue weighted by molar-refractivity contribution is 6.04. The molecule has 0 saturated heterocycles. The average Bonchev–Trinajstić information content (AvgIpc) is 2.42. The number of rotatable bonds is 3. The van der Waals surface area contributed by atoms with E-state index in [2.05, 4.69) is 10.3 Å². The fourth-order valence-corrected chi connectivity index (χ4v) is 1.59. The van der Waals surface area contributed by atoms with Crippen LogP contribution >= 0.6 is 0 Å². The zero-order valence-corrected chi connectivity index (χ0v) is 10.2. The molecule has 4 nitrogen and oxygen atoms in total. The molecule has 2 aromatic rings. The molecule has 1 aromatic heterocycles. The van der Waals surface area contributed by atoms with E-state index in [0.717, 1.165) is 0 Å². The van der Waals surface area contributed by atoms with Gasteiger partial charge in [0, 0.05) is 17.3 Å². The number of anilines is 1. The zero-order valence-electron chi connectivity index (χ0n) is 10.2. The first-order valence-electron chi connectivity index (χ1n) is 5.59. The number of nitrogens with one attached hydrogen (secondary N) is 1. The maximum atomic E-state index is 13.3. The number of carbonyl (C=O) groups is 2. The van der Waals surface area contributed by atoms with Crippen LogP contribution in [0.3, 0.4) is 0 Å². The van der Waals surface area contributed by atoms with Crippen LogP contribution in [0.4, 0.5) is 10.2 Å². The molecule has 1 heterocycles. The van der Waals surface area contributed by atoms with Crippen molar-refractivity contribution in [3.63, 3.8) is 0 Å². The molecule has 0 aliphatic heterocycles. The number of halogens is 1. The molecule has 0 aliphatic rings. The summed E-state index contributed by atoms with van der Waals surface area (Å²) in [5.74, 6) is -0.570. The van der Waals surface area contributed by atoms with Crippen LogP contribution in [0.1, 0.15) is 26.3 Å². The lowest BCUT2D eigenvalue weighted by Crippen LogP contribution is -2.14. The predicted molar refractivity (Wildman–Crippen MR) is 68.7 cm³/mol. The number of benzene rings is 1. The summed E-state index contributed by atoms with van der Waals surface area (Å²) in [4.78, 5) is 26.3. The molecule has 0 unspecified atom stereocenters. The van der Waals surface area contributed by atoms with Gasteiger partial charge in [-0.25, -0.2) is 9.37 Å². The second-order valence-corrected chi connectivity index (χ2v) is 3.96. The Labute approximate surface area is 109 Å². The van der Waals surface area contributed by atoms with Crippen molar-refractivity contribution in [1.29, 1.82) is 0 Å². The summed E-state index contributed by atoms with van der Waals surface area (Å²) < 4.78 is 13.3. The summed E-state index contributed by atoms with van der Waals surface area (Å²) in [6, 6.07) is 7.35. The summed E-state index contributed by atoms with van der Waals surface area (Å²) in [5, 5.41) is 2.54. The summed E-state index contributed by atoms with van der Waals surface area (Å²) in [7, 11) is 0. The summed E-state index contributed by atoms with van der Waals surface area (Å²) >= 11 is 0. The van der Waals surface area contributed by atoms with Crippen LogP contribution in [0, 0.1) is 12.7 Å². The van der Waals surface area contributed by atoms with Gasteiger partial charge in [-0.1, -0.05) is 6.07 Å². The highest BCUT2D eigenvalue weighted by Crippen LogP contribution is 2.14. The van der Waals surface area contributed by atoms with E-state index >= 15 is 0 Å². The molecule has 1 amide bonds. The third-order valence-electron chi connectivity index (χ3n) is 2.68. The van der Waals surface area contributed by atoms with Crippen molar-refractivity contribution < 1.29 is 14.0 Å². The Kier molecular flexibility index (Phi) is 3.66. The van der Waals surface area contributed by atoms with E-state index in [0.29, 0.717) is 17.7 Å². The largest absolute Gasteiger partial charge is 0.307 e. The van der Waals surface area contributed by atoms with Gasteiger partial charge in [-0.3, -0.25) is 9.59 Å². The van der Waals surface area contributed by atoms with Crippen molar-refractivity contribution in [3.05, 3.63) is 59.0 Å². The zero-order chi connectivity index (χ0) is 13.8. The Morgan fingerprint density at radius 1 is 1.32 bits per heavy atom. The summed E-state index contributed by atoms with van der Waals surface area (Å²) in [6.07, 6.45) is 2.01. The topological polar surface area (TPSA) is 59.1 Å². The maximum Gasteiger partial charge on any atom is 0.257 e. The van der Waals surface area contributed by atoms with E-state index in [9.17, 15) is 14.0 Å². The lowest BCUT2D eigenvalue weighted by atomic mass is 10.1. The minimum absolute atomic E-state index is 0.251. The molecule has 2 rings (SSSR count). The number of hydrogen-bond acceptors (Lipinski definition) is 3. The first kappa shape index (κ1) is 12.9. The van der Waals surface area contributed by atoms with Crippen LogP contribution in [0.5, 0.6) is 0 Å². The smallest absolute Gasteiger partial charge is 0.257 e. The summed E-state index contributed by atoms with van der Waals surface area (Å²) in [6.45, 7) is 1.53. The monoisotopic (exact) mass is 258 g/mol. The Morgan fingerprint density at radius 3 is 2.74 bits per heavy atom. The molecule has 0 saturated carbocycles. The van der Waals surface area contributed by atoms with Gasteiger partial charge in [0.15, 0.2) is 6.29 Å². The lowest BCUT2D eigenvalue weighted by Gasteiger charge is -2.07. The van der Waals surface area contributed by atoms with Gasteiger partial charge in [-0.05, 0) is 36.8 Å². The van der Waals surface area contributed by atoms with Crippen molar-refractivity contribution >= 4 is 18.0 Å². The van der Waals surface area contributed by atoms with Gasteiger partial charge >= 0.3 is 0 Å². The maximum absolute atomic E-state index is 13.3. The third kappa shape index (κ3) is 2.82. The molecule has 1 aromatic carbocycles. The molecule has 0 aliphatic carbocycles. The number of nitrogens with zero attached hydrogens (tertiary/aromatic N) is 1. The standard InChI is InChI=1S/C14H11FN2O2/c1-9-11(3-2-4-12(9)15)14(19)17-13-6-5-10(8-18)7-16-13/h2-8H,1H3,(H,16,17,19). The van der Waals surface area contributed by atoms with Crippen molar-refractivity contribution in [3.8, 4) is 0 Å². The van der Waals surface area contributed by atoms with E-state index in [-0.39, 0.29) is 11.1 Å². The number of carbonyl (C=O) groups excluding carboxylic acids is 2. The van der Waals surface area contributed by atoms with Crippen molar-refractivity contribution in [2.75, 3.05) is 5.32 Å². The van der Waals surface area contributed by atoms with E-state index in [1.54, 1.807) is 0 Å².